The van der Waals surface area contributed by atoms with E-state index in [0.29, 0.717) is 22.6 Å². The molecule has 1 aromatic carbocycles. The predicted octanol–water partition coefficient (Wildman–Crippen LogP) is 0.713. The average Bonchev–Trinajstić information content (AvgIpc) is 2.59. The van der Waals surface area contributed by atoms with Gasteiger partial charge in [0.1, 0.15) is 0 Å². The number of benzene rings is 1. The highest BCUT2D eigenvalue weighted by atomic mass is 32.2. The van der Waals surface area contributed by atoms with Crippen LogP contribution in [0.4, 0.5) is 0 Å². The number of hydrogen-bond acceptors (Lipinski definition) is 5. The first-order chi connectivity index (χ1) is 11.5. The van der Waals surface area contributed by atoms with Crippen LogP contribution in [0.3, 0.4) is 0 Å². The Morgan fingerprint density at radius 3 is 2.71 bits per heavy atom. The number of likely N-dealkylation sites (N-methyl/N-ethyl adjacent to an activating group) is 2. The number of carbonyl (C=O) groups is 2. The lowest BCUT2D eigenvalue weighted by Gasteiger charge is -2.16. The zero-order chi connectivity index (χ0) is 17.7. The predicted molar refractivity (Wildman–Crippen MR) is 94.1 cm³/mol. The van der Waals surface area contributed by atoms with Gasteiger partial charge in [-0.25, -0.2) is 4.98 Å². The largest absolute Gasteiger partial charge is 0.358 e. The molecule has 1 aromatic heterocycles. The molecule has 0 atom stereocenters. The molecule has 0 bridgehead atoms. The fourth-order valence-electron chi connectivity index (χ4n) is 2.16. The molecule has 0 saturated carbocycles. The van der Waals surface area contributed by atoms with E-state index < -0.39 is 0 Å². The van der Waals surface area contributed by atoms with Gasteiger partial charge in [-0.15, -0.1) is 0 Å². The number of fused-ring (bicyclic) bond motifs is 1. The molecule has 0 aliphatic rings. The summed E-state index contributed by atoms with van der Waals surface area (Å²) in [6.07, 6.45) is 0. The van der Waals surface area contributed by atoms with Crippen molar-refractivity contribution in [2.75, 3.05) is 26.4 Å². The number of rotatable bonds is 6. The standard InChI is InChI=1S/C16H20N4O3S/c1-4-20-15(23)11-7-5-6-8-12(11)18-16(20)24-10-14(22)19(3)9-13(21)17-2/h5-8H,4,9-10H2,1-3H3,(H,17,21). The molecule has 0 aliphatic carbocycles. The molecule has 2 aromatic rings. The van der Waals surface area contributed by atoms with E-state index in [9.17, 15) is 14.4 Å². The molecule has 0 fully saturated rings. The SMILES string of the molecule is CCn1c(SCC(=O)N(C)CC(=O)NC)nc2ccccc2c1=O. The van der Waals surface area contributed by atoms with E-state index in [1.165, 1.54) is 23.7 Å². The summed E-state index contributed by atoms with van der Waals surface area (Å²) >= 11 is 1.20. The van der Waals surface area contributed by atoms with Gasteiger partial charge in [0, 0.05) is 20.6 Å². The molecule has 1 N–H and O–H groups in total. The average molecular weight is 348 g/mol. The molecule has 0 unspecified atom stereocenters. The van der Waals surface area contributed by atoms with Crippen LogP contribution in [0.1, 0.15) is 6.92 Å². The number of hydrogen-bond donors (Lipinski definition) is 1. The van der Waals surface area contributed by atoms with Crippen LogP contribution in [-0.4, -0.2) is 52.7 Å². The minimum Gasteiger partial charge on any atom is -0.358 e. The van der Waals surface area contributed by atoms with Crippen molar-refractivity contribution >= 4 is 34.5 Å². The van der Waals surface area contributed by atoms with E-state index in [2.05, 4.69) is 10.3 Å². The van der Waals surface area contributed by atoms with E-state index >= 15 is 0 Å². The Hall–Kier alpha value is -2.35. The van der Waals surface area contributed by atoms with Crippen molar-refractivity contribution in [1.29, 1.82) is 0 Å². The van der Waals surface area contributed by atoms with Gasteiger partial charge in [-0.05, 0) is 19.1 Å². The molecule has 2 rings (SSSR count). The number of amides is 2. The highest BCUT2D eigenvalue weighted by Gasteiger charge is 2.15. The monoisotopic (exact) mass is 348 g/mol. The summed E-state index contributed by atoms with van der Waals surface area (Å²) in [6, 6.07) is 7.14. The zero-order valence-electron chi connectivity index (χ0n) is 13.9. The Morgan fingerprint density at radius 1 is 1.33 bits per heavy atom. The third-order valence-electron chi connectivity index (χ3n) is 3.55. The molecule has 128 valence electrons. The fraction of sp³-hybridized carbons (Fsp3) is 0.375. The van der Waals surface area contributed by atoms with Crippen LogP contribution in [0.2, 0.25) is 0 Å². The van der Waals surface area contributed by atoms with E-state index in [-0.39, 0.29) is 29.7 Å². The summed E-state index contributed by atoms with van der Waals surface area (Å²) < 4.78 is 1.55. The van der Waals surface area contributed by atoms with Crippen LogP contribution in [0.15, 0.2) is 34.2 Å². The quantitative estimate of drug-likeness (QED) is 0.614. The molecule has 0 saturated heterocycles. The van der Waals surface area contributed by atoms with Crippen molar-refractivity contribution in [2.24, 2.45) is 0 Å². The zero-order valence-corrected chi connectivity index (χ0v) is 14.7. The molecule has 24 heavy (non-hydrogen) atoms. The van der Waals surface area contributed by atoms with E-state index in [1.807, 2.05) is 13.0 Å². The van der Waals surface area contributed by atoms with Gasteiger partial charge in [-0.2, -0.15) is 0 Å². The van der Waals surface area contributed by atoms with Crippen LogP contribution in [0.25, 0.3) is 10.9 Å². The highest BCUT2D eigenvalue weighted by molar-refractivity contribution is 7.99. The number of para-hydroxylation sites is 1. The van der Waals surface area contributed by atoms with Crippen LogP contribution < -0.4 is 10.9 Å². The molecule has 1 heterocycles. The van der Waals surface area contributed by atoms with Gasteiger partial charge in [0.2, 0.25) is 11.8 Å². The second-order valence-corrected chi connectivity index (χ2v) is 6.12. The third kappa shape index (κ3) is 3.94. The molecule has 7 nitrogen and oxygen atoms in total. The maximum Gasteiger partial charge on any atom is 0.262 e. The normalized spacial score (nSPS) is 10.6. The molecular formula is C16H20N4O3S. The van der Waals surface area contributed by atoms with Gasteiger partial charge in [-0.1, -0.05) is 23.9 Å². The van der Waals surface area contributed by atoms with Crippen LogP contribution in [-0.2, 0) is 16.1 Å². The molecular weight excluding hydrogens is 328 g/mol. The Labute approximate surface area is 144 Å². The Bertz CT molecular complexity index is 819. The van der Waals surface area contributed by atoms with Gasteiger partial charge < -0.3 is 10.2 Å². The lowest BCUT2D eigenvalue weighted by Crippen LogP contribution is -2.37. The maximum absolute atomic E-state index is 12.5. The lowest BCUT2D eigenvalue weighted by molar-refractivity contribution is -0.132. The van der Waals surface area contributed by atoms with Crippen molar-refractivity contribution in [3.63, 3.8) is 0 Å². The van der Waals surface area contributed by atoms with Crippen molar-refractivity contribution < 1.29 is 9.59 Å². The number of thioether (sulfide) groups is 1. The summed E-state index contributed by atoms with van der Waals surface area (Å²) in [5.41, 5.74) is 0.498. The second kappa shape index (κ2) is 7.96. The summed E-state index contributed by atoms with van der Waals surface area (Å²) in [5.74, 6) is -0.322. The first-order valence-corrected chi connectivity index (χ1v) is 8.53. The Morgan fingerprint density at radius 2 is 2.04 bits per heavy atom. The third-order valence-corrected chi connectivity index (χ3v) is 4.51. The number of carbonyl (C=O) groups excluding carboxylic acids is 2. The van der Waals surface area contributed by atoms with Crippen LogP contribution in [0.5, 0.6) is 0 Å². The number of nitrogens with one attached hydrogen (secondary N) is 1. The summed E-state index contributed by atoms with van der Waals surface area (Å²) in [7, 11) is 3.09. The topological polar surface area (TPSA) is 84.3 Å². The molecule has 0 aliphatic heterocycles. The van der Waals surface area contributed by atoms with Crippen LogP contribution >= 0.6 is 11.8 Å². The first kappa shape index (κ1) is 18.0. The number of aromatic nitrogens is 2. The minimum atomic E-state index is -0.231. The summed E-state index contributed by atoms with van der Waals surface area (Å²) in [4.78, 5) is 41.8. The van der Waals surface area contributed by atoms with E-state index in [1.54, 1.807) is 29.8 Å². The Kier molecular flexibility index (Phi) is 5.97. The summed E-state index contributed by atoms with van der Waals surface area (Å²) in [6.45, 7) is 2.34. The van der Waals surface area contributed by atoms with E-state index in [0.717, 1.165) is 0 Å². The smallest absolute Gasteiger partial charge is 0.262 e. The lowest BCUT2D eigenvalue weighted by atomic mass is 10.2. The minimum absolute atomic E-state index is 0.00161. The number of nitrogens with zero attached hydrogens (tertiary/aromatic N) is 3. The maximum atomic E-state index is 12.5. The van der Waals surface area contributed by atoms with E-state index in [4.69, 9.17) is 0 Å². The van der Waals surface area contributed by atoms with Gasteiger partial charge in [-0.3, -0.25) is 19.0 Å². The van der Waals surface area contributed by atoms with Crippen molar-refractivity contribution in [2.45, 2.75) is 18.6 Å². The Balaban J connectivity index is 2.19. The second-order valence-electron chi connectivity index (χ2n) is 5.17. The van der Waals surface area contributed by atoms with Crippen LogP contribution in [0, 0.1) is 0 Å². The van der Waals surface area contributed by atoms with Gasteiger partial charge in [0.25, 0.3) is 5.56 Å². The first-order valence-electron chi connectivity index (χ1n) is 7.54. The van der Waals surface area contributed by atoms with Gasteiger partial charge >= 0.3 is 0 Å². The molecule has 0 spiro atoms. The van der Waals surface area contributed by atoms with Crippen molar-refractivity contribution in [3.05, 3.63) is 34.6 Å². The summed E-state index contributed by atoms with van der Waals surface area (Å²) in [5, 5.41) is 3.54. The van der Waals surface area contributed by atoms with Crippen molar-refractivity contribution in [1.82, 2.24) is 19.8 Å². The molecule has 0 radical (unpaired) electrons. The molecule has 2 amide bonds. The highest BCUT2D eigenvalue weighted by Crippen LogP contribution is 2.18. The fourth-order valence-corrected chi connectivity index (χ4v) is 3.16. The molecule has 8 heteroatoms. The van der Waals surface area contributed by atoms with Gasteiger partial charge in [0.15, 0.2) is 5.16 Å². The van der Waals surface area contributed by atoms with Gasteiger partial charge in [0.05, 0.1) is 23.2 Å². The van der Waals surface area contributed by atoms with Crippen molar-refractivity contribution in [3.8, 4) is 0 Å².